The maximum Gasteiger partial charge on any atom is 0.0715 e. The first-order valence-electron chi connectivity index (χ1n) is 7.50. The lowest BCUT2D eigenvalue weighted by molar-refractivity contribution is 1.45. The first-order valence-corrected chi connectivity index (χ1v) is 7.50. The van der Waals surface area contributed by atoms with Crippen molar-refractivity contribution in [1.82, 2.24) is 4.98 Å². The molecule has 0 amide bonds. The molecule has 5 rings (SSSR count). The minimum Gasteiger partial charge on any atom is -0.256 e. The smallest absolute Gasteiger partial charge is 0.0715 e. The average molecular weight is 279 g/mol. The average Bonchev–Trinajstić information content (AvgIpc) is 2.60. The van der Waals surface area contributed by atoms with Gasteiger partial charge >= 0.3 is 0 Å². The van der Waals surface area contributed by atoms with Gasteiger partial charge in [-0.1, -0.05) is 66.7 Å². The van der Waals surface area contributed by atoms with Crippen molar-refractivity contribution in [3.63, 3.8) is 0 Å². The third-order valence-corrected chi connectivity index (χ3v) is 4.46. The molecule has 0 radical (unpaired) electrons. The molecule has 1 heteroatoms. The summed E-state index contributed by atoms with van der Waals surface area (Å²) < 4.78 is 0. The molecule has 0 spiro atoms. The predicted molar refractivity (Wildman–Crippen MR) is 94.3 cm³/mol. The molecule has 0 aliphatic rings. The summed E-state index contributed by atoms with van der Waals surface area (Å²) in [6.45, 7) is 0. The Hall–Kier alpha value is -2.93. The van der Waals surface area contributed by atoms with E-state index in [9.17, 15) is 0 Å². The quantitative estimate of drug-likeness (QED) is 0.332. The molecular weight excluding hydrogens is 266 g/mol. The summed E-state index contributed by atoms with van der Waals surface area (Å²) in [6, 6.07) is 25.8. The van der Waals surface area contributed by atoms with Crippen LogP contribution in [0.2, 0.25) is 0 Å². The standard InChI is InChI=1S/C21H13N/c1-3-7-17-14(5-1)9-10-16-13-22-19-12-11-15-6-2-4-8-18(15)21(19)20(16)17/h1-13H. The first kappa shape index (κ1) is 11.7. The van der Waals surface area contributed by atoms with Gasteiger partial charge in [0.1, 0.15) is 0 Å². The number of hydrogen-bond donors (Lipinski definition) is 0. The summed E-state index contributed by atoms with van der Waals surface area (Å²) >= 11 is 0. The lowest BCUT2D eigenvalue weighted by Crippen LogP contribution is -1.86. The van der Waals surface area contributed by atoms with Crippen LogP contribution in [0.5, 0.6) is 0 Å². The fraction of sp³-hybridized carbons (Fsp3) is 0. The SMILES string of the molecule is c1ccc2c(c1)ccc1cnc3ccc4ccccc4c3c12. The second kappa shape index (κ2) is 4.28. The van der Waals surface area contributed by atoms with Crippen LogP contribution in [0.25, 0.3) is 43.2 Å². The number of hydrogen-bond acceptors (Lipinski definition) is 1. The third-order valence-electron chi connectivity index (χ3n) is 4.46. The van der Waals surface area contributed by atoms with Gasteiger partial charge in [0.25, 0.3) is 0 Å². The van der Waals surface area contributed by atoms with Gasteiger partial charge in [-0.05, 0) is 27.6 Å². The molecule has 0 saturated heterocycles. The molecule has 0 aliphatic heterocycles. The summed E-state index contributed by atoms with van der Waals surface area (Å²) in [4.78, 5) is 4.67. The molecule has 5 aromatic rings. The molecule has 1 nitrogen and oxygen atoms in total. The van der Waals surface area contributed by atoms with Crippen LogP contribution in [-0.2, 0) is 0 Å². The number of fused-ring (bicyclic) bond motifs is 7. The van der Waals surface area contributed by atoms with Crippen molar-refractivity contribution in [2.24, 2.45) is 0 Å². The minimum absolute atomic E-state index is 1.06. The lowest BCUT2D eigenvalue weighted by atomic mass is 9.96. The van der Waals surface area contributed by atoms with Crippen molar-refractivity contribution < 1.29 is 0 Å². The monoisotopic (exact) mass is 279 g/mol. The second-order valence-electron chi connectivity index (χ2n) is 5.69. The van der Waals surface area contributed by atoms with Crippen LogP contribution in [0.3, 0.4) is 0 Å². The van der Waals surface area contributed by atoms with Crippen molar-refractivity contribution in [3.8, 4) is 0 Å². The highest BCUT2D eigenvalue weighted by Gasteiger charge is 2.09. The Morgan fingerprint density at radius 2 is 1.09 bits per heavy atom. The molecule has 0 bridgehead atoms. The van der Waals surface area contributed by atoms with Gasteiger partial charge in [0.15, 0.2) is 0 Å². The fourth-order valence-electron chi connectivity index (χ4n) is 3.44. The van der Waals surface area contributed by atoms with E-state index in [1.54, 1.807) is 0 Å². The van der Waals surface area contributed by atoms with Gasteiger partial charge in [0.05, 0.1) is 5.52 Å². The molecule has 1 heterocycles. The van der Waals surface area contributed by atoms with E-state index in [0.717, 1.165) is 5.52 Å². The van der Waals surface area contributed by atoms with Crippen LogP contribution in [0.4, 0.5) is 0 Å². The fourth-order valence-corrected chi connectivity index (χ4v) is 3.44. The van der Waals surface area contributed by atoms with Gasteiger partial charge in [0.2, 0.25) is 0 Å². The zero-order valence-corrected chi connectivity index (χ0v) is 12.0. The highest BCUT2D eigenvalue weighted by Crippen LogP contribution is 2.35. The van der Waals surface area contributed by atoms with Gasteiger partial charge in [-0.25, -0.2) is 0 Å². The molecule has 0 saturated carbocycles. The summed E-state index contributed by atoms with van der Waals surface area (Å²) in [5.74, 6) is 0. The summed E-state index contributed by atoms with van der Waals surface area (Å²) in [5, 5.41) is 8.86. The van der Waals surface area contributed by atoms with E-state index in [-0.39, 0.29) is 0 Å². The van der Waals surface area contributed by atoms with E-state index in [2.05, 4.69) is 77.8 Å². The normalized spacial score (nSPS) is 11.6. The van der Waals surface area contributed by atoms with Crippen molar-refractivity contribution in [3.05, 3.63) is 79.0 Å². The van der Waals surface area contributed by atoms with E-state index >= 15 is 0 Å². The molecule has 4 aromatic carbocycles. The molecule has 0 atom stereocenters. The van der Waals surface area contributed by atoms with Crippen molar-refractivity contribution in [1.29, 1.82) is 0 Å². The van der Waals surface area contributed by atoms with Gasteiger partial charge in [-0.2, -0.15) is 0 Å². The van der Waals surface area contributed by atoms with Gasteiger partial charge < -0.3 is 0 Å². The zero-order chi connectivity index (χ0) is 14.5. The maximum atomic E-state index is 4.67. The molecular formula is C21H13N. The predicted octanol–water partition coefficient (Wildman–Crippen LogP) is 5.69. The topological polar surface area (TPSA) is 12.9 Å². The number of nitrogens with zero attached hydrogens (tertiary/aromatic N) is 1. The Labute approximate surface area is 127 Å². The van der Waals surface area contributed by atoms with Crippen LogP contribution >= 0.6 is 0 Å². The molecule has 0 N–H and O–H groups in total. The van der Waals surface area contributed by atoms with Crippen molar-refractivity contribution in [2.75, 3.05) is 0 Å². The number of pyridine rings is 1. The van der Waals surface area contributed by atoms with Crippen molar-refractivity contribution in [2.45, 2.75) is 0 Å². The van der Waals surface area contributed by atoms with Crippen LogP contribution in [0.15, 0.2) is 79.0 Å². The number of rotatable bonds is 0. The molecule has 102 valence electrons. The van der Waals surface area contributed by atoms with E-state index in [1.807, 2.05) is 6.20 Å². The Kier molecular flexibility index (Phi) is 2.28. The molecule has 1 aromatic heterocycles. The Bertz CT molecular complexity index is 1070. The maximum absolute atomic E-state index is 4.67. The van der Waals surface area contributed by atoms with E-state index < -0.39 is 0 Å². The molecule has 0 unspecified atom stereocenters. The number of aromatic nitrogens is 1. The van der Waals surface area contributed by atoms with E-state index in [4.69, 9.17) is 0 Å². The van der Waals surface area contributed by atoms with Crippen LogP contribution < -0.4 is 0 Å². The Balaban J connectivity index is 2.19. The Morgan fingerprint density at radius 3 is 1.86 bits per heavy atom. The summed E-state index contributed by atoms with van der Waals surface area (Å²) in [6.07, 6.45) is 1.98. The highest BCUT2D eigenvalue weighted by atomic mass is 14.6. The van der Waals surface area contributed by atoms with Crippen LogP contribution in [0, 0.1) is 0 Å². The van der Waals surface area contributed by atoms with Gasteiger partial charge in [-0.15, -0.1) is 0 Å². The molecule has 0 aliphatic carbocycles. The van der Waals surface area contributed by atoms with E-state index in [0.29, 0.717) is 0 Å². The molecule has 22 heavy (non-hydrogen) atoms. The number of benzene rings is 4. The van der Waals surface area contributed by atoms with E-state index in [1.165, 1.54) is 37.7 Å². The first-order chi connectivity index (χ1) is 10.9. The largest absolute Gasteiger partial charge is 0.256 e. The van der Waals surface area contributed by atoms with Crippen LogP contribution in [0.1, 0.15) is 0 Å². The second-order valence-corrected chi connectivity index (χ2v) is 5.69. The van der Waals surface area contributed by atoms with Crippen LogP contribution in [-0.4, -0.2) is 4.98 Å². The van der Waals surface area contributed by atoms with Crippen molar-refractivity contribution >= 4 is 43.2 Å². The zero-order valence-electron chi connectivity index (χ0n) is 12.0. The summed E-state index contributed by atoms with van der Waals surface area (Å²) in [7, 11) is 0. The van der Waals surface area contributed by atoms with Gasteiger partial charge in [-0.3, -0.25) is 4.98 Å². The Morgan fingerprint density at radius 1 is 0.500 bits per heavy atom. The van der Waals surface area contributed by atoms with Gasteiger partial charge in [0, 0.05) is 22.4 Å². The summed E-state index contributed by atoms with van der Waals surface area (Å²) in [5.41, 5.74) is 1.06. The molecule has 0 fully saturated rings. The lowest BCUT2D eigenvalue weighted by Gasteiger charge is -2.10. The highest BCUT2D eigenvalue weighted by molar-refractivity contribution is 6.26. The minimum atomic E-state index is 1.06. The third kappa shape index (κ3) is 1.51.